The van der Waals surface area contributed by atoms with E-state index in [0.29, 0.717) is 31.1 Å². The van der Waals surface area contributed by atoms with Crippen LogP contribution in [0.5, 0.6) is 0 Å². The van der Waals surface area contributed by atoms with E-state index in [0.717, 1.165) is 25.7 Å². The van der Waals surface area contributed by atoms with Crippen molar-refractivity contribution in [1.82, 2.24) is 0 Å². The fourth-order valence-electron chi connectivity index (χ4n) is 6.75. The first-order chi connectivity index (χ1) is 11.3. The van der Waals surface area contributed by atoms with Gasteiger partial charge in [0, 0.05) is 11.8 Å². The molecule has 0 aromatic heterocycles. The summed E-state index contributed by atoms with van der Waals surface area (Å²) in [5, 5.41) is 31.4. The summed E-state index contributed by atoms with van der Waals surface area (Å²) in [7, 11) is 0. The van der Waals surface area contributed by atoms with E-state index < -0.39 is 17.1 Å². The highest BCUT2D eigenvalue weighted by atomic mass is 16.3. The van der Waals surface area contributed by atoms with E-state index in [-0.39, 0.29) is 17.1 Å². The fraction of sp³-hybridized carbons (Fsp3) is 0.800. The van der Waals surface area contributed by atoms with Gasteiger partial charge in [-0.3, -0.25) is 4.79 Å². The Morgan fingerprint density at radius 2 is 1.96 bits per heavy atom. The Hall–Kier alpha value is -1.18. The number of ketones is 1. The molecule has 2 N–H and O–H groups in total. The molecule has 0 saturated heterocycles. The molecule has 0 aliphatic heterocycles. The quantitative estimate of drug-likeness (QED) is 0.670. The van der Waals surface area contributed by atoms with Crippen LogP contribution in [0.25, 0.3) is 0 Å². The monoisotopic (exact) mass is 329 g/mol. The highest BCUT2D eigenvalue weighted by Crippen LogP contribution is 2.67. The molecule has 130 valence electrons. The van der Waals surface area contributed by atoms with Gasteiger partial charge in [0.15, 0.2) is 11.4 Å². The number of hydrogen-bond acceptors (Lipinski definition) is 4. The first-order valence-corrected chi connectivity index (χ1v) is 9.32. The molecule has 4 rings (SSSR count). The number of fused-ring (bicyclic) bond motifs is 5. The largest absolute Gasteiger partial charge is 0.392 e. The summed E-state index contributed by atoms with van der Waals surface area (Å²) in [5.74, 6) is 1.20. The summed E-state index contributed by atoms with van der Waals surface area (Å²) in [6, 6.07) is 2.12. The number of hydrogen-bond donors (Lipinski definition) is 2. The van der Waals surface area contributed by atoms with Crippen molar-refractivity contribution in [3.8, 4) is 6.07 Å². The molecule has 3 fully saturated rings. The summed E-state index contributed by atoms with van der Waals surface area (Å²) in [5.41, 5.74) is -0.886. The zero-order valence-corrected chi connectivity index (χ0v) is 14.6. The van der Waals surface area contributed by atoms with Crippen molar-refractivity contribution in [2.45, 2.75) is 70.5 Å². The van der Waals surface area contributed by atoms with Crippen molar-refractivity contribution in [1.29, 1.82) is 5.26 Å². The Balaban J connectivity index is 1.75. The zero-order chi connectivity index (χ0) is 17.3. The third kappa shape index (κ3) is 1.78. The normalized spacial score (nSPS) is 53.5. The molecule has 0 bridgehead atoms. The third-order valence-corrected chi connectivity index (χ3v) is 8.39. The van der Waals surface area contributed by atoms with Crippen LogP contribution in [0.3, 0.4) is 0 Å². The third-order valence-electron chi connectivity index (χ3n) is 8.39. The lowest BCUT2D eigenvalue weighted by molar-refractivity contribution is -0.170. The number of aliphatic hydroxyl groups excluding tert-OH is 1. The van der Waals surface area contributed by atoms with Crippen molar-refractivity contribution < 1.29 is 15.0 Å². The maximum atomic E-state index is 11.8. The molecule has 3 saturated carbocycles. The van der Waals surface area contributed by atoms with Crippen LogP contribution in [0, 0.1) is 39.9 Å². The van der Waals surface area contributed by atoms with Gasteiger partial charge in [-0.15, -0.1) is 0 Å². The summed E-state index contributed by atoms with van der Waals surface area (Å²) in [4.78, 5) is 11.8. The molecule has 7 atom stereocenters. The van der Waals surface area contributed by atoms with Gasteiger partial charge in [0.1, 0.15) is 0 Å². The summed E-state index contributed by atoms with van der Waals surface area (Å²) in [6.07, 6.45) is 6.52. The van der Waals surface area contributed by atoms with Gasteiger partial charge in [-0.25, -0.2) is 0 Å². The lowest BCUT2D eigenvalue weighted by Gasteiger charge is -2.59. The number of rotatable bonds is 0. The molecule has 4 nitrogen and oxygen atoms in total. The second-order valence-electron chi connectivity index (χ2n) is 9.01. The van der Waals surface area contributed by atoms with Crippen LogP contribution in [-0.4, -0.2) is 27.7 Å². The molecular weight excluding hydrogens is 302 g/mol. The summed E-state index contributed by atoms with van der Waals surface area (Å²) < 4.78 is 0. The Kier molecular flexibility index (Phi) is 3.34. The standard InChI is InChI=1S/C20H27NO3/c1-18-7-5-13(22)9-12(18)3-4-14-15-6-8-20(24,11-21)19(15,2)17(23)10-16(14)18/h9,14-17,23-24H,3-8,10H2,1-2H3. The van der Waals surface area contributed by atoms with E-state index in [9.17, 15) is 20.3 Å². The molecule has 24 heavy (non-hydrogen) atoms. The van der Waals surface area contributed by atoms with Gasteiger partial charge in [0.2, 0.25) is 0 Å². The molecule has 4 heteroatoms. The van der Waals surface area contributed by atoms with Gasteiger partial charge in [-0.2, -0.15) is 5.26 Å². The molecule has 0 aromatic carbocycles. The summed E-state index contributed by atoms with van der Waals surface area (Å²) >= 11 is 0. The average molecular weight is 329 g/mol. The van der Waals surface area contributed by atoms with Gasteiger partial charge < -0.3 is 10.2 Å². The van der Waals surface area contributed by atoms with Gasteiger partial charge in [-0.05, 0) is 67.8 Å². The average Bonchev–Trinajstić information content (AvgIpc) is 2.83. The second kappa shape index (κ2) is 4.93. The van der Waals surface area contributed by atoms with Crippen molar-refractivity contribution in [2.24, 2.45) is 28.6 Å². The van der Waals surface area contributed by atoms with Crippen LogP contribution in [0.2, 0.25) is 0 Å². The van der Waals surface area contributed by atoms with Crippen LogP contribution in [0.1, 0.15) is 58.8 Å². The second-order valence-corrected chi connectivity index (χ2v) is 9.01. The van der Waals surface area contributed by atoms with Crippen LogP contribution in [0.4, 0.5) is 0 Å². The first kappa shape index (κ1) is 16.3. The van der Waals surface area contributed by atoms with Gasteiger partial charge in [0.05, 0.1) is 12.2 Å². The molecule has 7 unspecified atom stereocenters. The number of nitriles is 1. The Morgan fingerprint density at radius 1 is 1.21 bits per heavy atom. The number of aliphatic hydroxyl groups is 2. The maximum Gasteiger partial charge on any atom is 0.159 e. The lowest BCUT2D eigenvalue weighted by Crippen LogP contribution is -2.60. The van der Waals surface area contributed by atoms with E-state index in [1.807, 2.05) is 13.0 Å². The van der Waals surface area contributed by atoms with E-state index >= 15 is 0 Å². The molecule has 0 heterocycles. The van der Waals surface area contributed by atoms with Gasteiger partial charge >= 0.3 is 0 Å². The molecule has 0 spiro atoms. The first-order valence-electron chi connectivity index (χ1n) is 9.32. The minimum Gasteiger partial charge on any atom is -0.392 e. The summed E-state index contributed by atoms with van der Waals surface area (Å²) in [6.45, 7) is 4.19. The highest BCUT2D eigenvalue weighted by Gasteiger charge is 2.67. The minimum absolute atomic E-state index is 0.00745. The van der Waals surface area contributed by atoms with Crippen molar-refractivity contribution in [3.05, 3.63) is 11.6 Å². The van der Waals surface area contributed by atoms with Crippen LogP contribution < -0.4 is 0 Å². The molecular formula is C20H27NO3. The molecule has 4 aliphatic rings. The Bertz CT molecular complexity index is 664. The van der Waals surface area contributed by atoms with Crippen LogP contribution in [-0.2, 0) is 4.79 Å². The van der Waals surface area contributed by atoms with Gasteiger partial charge in [0.25, 0.3) is 0 Å². The number of nitrogens with zero attached hydrogens (tertiary/aromatic N) is 1. The number of carbonyl (C=O) groups is 1. The Morgan fingerprint density at radius 3 is 2.67 bits per heavy atom. The molecule has 0 amide bonds. The number of carbonyl (C=O) groups excluding carboxylic acids is 1. The van der Waals surface area contributed by atoms with Gasteiger partial charge in [-0.1, -0.05) is 19.4 Å². The SMILES string of the molecule is CC12CCC(=O)C=C1CCC1C2CC(O)C2(C)C1CCC2(O)C#N. The predicted octanol–water partition coefficient (Wildman–Crippen LogP) is 2.74. The predicted molar refractivity (Wildman–Crippen MR) is 88.7 cm³/mol. The van der Waals surface area contributed by atoms with E-state index in [2.05, 4.69) is 13.0 Å². The van der Waals surface area contributed by atoms with Crippen LogP contribution >= 0.6 is 0 Å². The maximum absolute atomic E-state index is 11.8. The molecule has 4 aliphatic carbocycles. The lowest BCUT2D eigenvalue weighted by atomic mass is 9.45. The van der Waals surface area contributed by atoms with E-state index in [1.165, 1.54) is 5.57 Å². The molecule has 0 radical (unpaired) electrons. The van der Waals surface area contributed by atoms with Crippen molar-refractivity contribution in [3.63, 3.8) is 0 Å². The Labute approximate surface area is 143 Å². The minimum atomic E-state index is -1.42. The fourth-order valence-corrected chi connectivity index (χ4v) is 6.75. The highest BCUT2D eigenvalue weighted by molar-refractivity contribution is 5.91. The van der Waals surface area contributed by atoms with E-state index in [1.54, 1.807) is 0 Å². The van der Waals surface area contributed by atoms with Crippen LogP contribution in [0.15, 0.2) is 11.6 Å². The number of allylic oxidation sites excluding steroid dienone is 1. The van der Waals surface area contributed by atoms with Crippen molar-refractivity contribution >= 4 is 5.78 Å². The van der Waals surface area contributed by atoms with Crippen molar-refractivity contribution in [2.75, 3.05) is 0 Å². The molecule has 0 aromatic rings. The zero-order valence-electron chi connectivity index (χ0n) is 14.6. The van der Waals surface area contributed by atoms with E-state index in [4.69, 9.17) is 0 Å². The topological polar surface area (TPSA) is 81.3 Å². The smallest absolute Gasteiger partial charge is 0.159 e.